The number of pyridine rings is 1. The van der Waals surface area contributed by atoms with Gasteiger partial charge >= 0.3 is 0 Å². The summed E-state index contributed by atoms with van der Waals surface area (Å²) in [6, 6.07) is 10.5. The fourth-order valence-corrected chi connectivity index (χ4v) is 5.03. The van der Waals surface area contributed by atoms with Gasteiger partial charge in [-0.15, -0.1) is 0 Å². The minimum absolute atomic E-state index is 0.0147. The summed E-state index contributed by atoms with van der Waals surface area (Å²) in [4.78, 5) is 32.1. The predicted octanol–water partition coefficient (Wildman–Crippen LogP) is 4.73. The highest BCUT2D eigenvalue weighted by Crippen LogP contribution is 2.32. The molecule has 4 rings (SSSR count). The van der Waals surface area contributed by atoms with Crippen LogP contribution < -0.4 is 10.1 Å². The Hall–Kier alpha value is -3.10. The quantitative estimate of drug-likeness (QED) is 0.494. The molecule has 2 atom stereocenters. The molecule has 1 aliphatic heterocycles. The van der Waals surface area contributed by atoms with Crippen molar-refractivity contribution in [3.05, 3.63) is 63.9 Å². The fraction of sp³-hybridized carbons (Fsp3) is 0.360. The lowest BCUT2D eigenvalue weighted by atomic mass is 9.86. The molecule has 1 aromatic carbocycles. The zero-order chi connectivity index (χ0) is 25.1. The van der Waals surface area contributed by atoms with E-state index in [0.717, 1.165) is 5.56 Å². The molecule has 1 fully saturated rings. The normalized spacial score (nSPS) is 19.9. The minimum atomic E-state index is -0.192. The van der Waals surface area contributed by atoms with E-state index in [9.17, 15) is 9.59 Å². The number of carbonyl (C=O) groups is 2. The maximum absolute atomic E-state index is 13.4. The number of rotatable bonds is 6. The Morgan fingerprint density at radius 3 is 2.60 bits per heavy atom. The minimum Gasteiger partial charge on any atom is -0.481 e. The van der Waals surface area contributed by atoms with Crippen LogP contribution >= 0.6 is 23.2 Å². The summed E-state index contributed by atoms with van der Waals surface area (Å²) in [7, 11) is 1.52. The molecule has 2 aromatic heterocycles. The third-order valence-corrected chi connectivity index (χ3v) is 6.82. The van der Waals surface area contributed by atoms with E-state index in [1.807, 2.05) is 32.0 Å². The molecule has 0 aliphatic carbocycles. The van der Waals surface area contributed by atoms with Crippen molar-refractivity contribution in [3.8, 4) is 17.1 Å². The largest absolute Gasteiger partial charge is 0.481 e. The van der Waals surface area contributed by atoms with Crippen LogP contribution in [0.3, 0.4) is 0 Å². The number of likely N-dealkylation sites (tertiary alicyclic amines) is 1. The van der Waals surface area contributed by atoms with Gasteiger partial charge in [-0.1, -0.05) is 35.3 Å². The molecule has 1 aliphatic rings. The first-order valence-electron chi connectivity index (χ1n) is 11.4. The molecular formula is C25H27Cl2N5O3. The second-order valence-electron chi connectivity index (χ2n) is 8.80. The average molecular weight is 516 g/mol. The van der Waals surface area contributed by atoms with Crippen LogP contribution in [0.4, 0.5) is 0 Å². The van der Waals surface area contributed by atoms with Crippen LogP contribution in [0.2, 0.25) is 10.0 Å². The Bertz CT molecular complexity index is 1220. The number of benzene rings is 1. The van der Waals surface area contributed by atoms with Gasteiger partial charge in [0, 0.05) is 41.2 Å². The van der Waals surface area contributed by atoms with Crippen LogP contribution in [-0.2, 0) is 11.3 Å². The van der Waals surface area contributed by atoms with Crippen molar-refractivity contribution in [2.45, 2.75) is 45.3 Å². The highest BCUT2D eigenvalue weighted by Gasteiger charge is 2.38. The Kier molecular flexibility index (Phi) is 7.62. The van der Waals surface area contributed by atoms with Crippen LogP contribution in [0.15, 0.2) is 42.6 Å². The second-order valence-corrected chi connectivity index (χ2v) is 9.64. The molecule has 8 nitrogen and oxygen atoms in total. The van der Waals surface area contributed by atoms with Gasteiger partial charge in [0.15, 0.2) is 5.69 Å². The fourth-order valence-electron chi connectivity index (χ4n) is 4.62. The molecule has 0 bridgehead atoms. The van der Waals surface area contributed by atoms with E-state index < -0.39 is 0 Å². The van der Waals surface area contributed by atoms with Crippen LogP contribution in [0.5, 0.6) is 5.88 Å². The summed E-state index contributed by atoms with van der Waals surface area (Å²) >= 11 is 12.3. The van der Waals surface area contributed by atoms with Gasteiger partial charge in [-0.05, 0) is 50.5 Å². The van der Waals surface area contributed by atoms with Crippen molar-refractivity contribution in [2.24, 2.45) is 5.92 Å². The van der Waals surface area contributed by atoms with Crippen molar-refractivity contribution >= 4 is 35.0 Å². The average Bonchev–Trinajstić information content (AvgIpc) is 3.32. The number of nitrogens with zero attached hydrogens (tertiary/aromatic N) is 3. The van der Waals surface area contributed by atoms with E-state index in [1.54, 1.807) is 23.1 Å². The van der Waals surface area contributed by atoms with Crippen molar-refractivity contribution < 1.29 is 14.3 Å². The topological polar surface area (TPSA) is 100 Å². The number of piperidine rings is 1. The number of halogens is 2. The van der Waals surface area contributed by atoms with Crippen molar-refractivity contribution in [1.29, 1.82) is 0 Å². The molecule has 1 saturated heterocycles. The number of methoxy groups -OCH3 is 1. The Labute approximate surface area is 214 Å². The molecule has 2 unspecified atom stereocenters. The first kappa shape index (κ1) is 25.0. The molecule has 10 heteroatoms. The van der Waals surface area contributed by atoms with Crippen LogP contribution in [0, 0.1) is 5.92 Å². The van der Waals surface area contributed by atoms with Gasteiger partial charge in [-0.25, -0.2) is 4.98 Å². The maximum Gasteiger partial charge on any atom is 0.274 e. The SMILES string of the molecule is COc1cc(-c2cc(C(=O)N3C(C)CC(C(=O)NCc4cccc(Cl)c4)CC3C)n[nH]2)c(Cl)cn1. The molecule has 0 saturated carbocycles. The molecule has 0 spiro atoms. The zero-order valence-corrected chi connectivity index (χ0v) is 21.2. The summed E-state index contributed by atoms with van der Waals surface area (Å²) in [5, 5.41) is 11.2. The summed E-state index contributed by atoms with van der Waals surface area (Å²) in [6.07, 6.45) is 2.63. The van der Waals surface area contributed by atoms with Crippen molar-refractivity contribution in [2.75, 3.05) is 7.11 Å². The molecule has 2 amide bonds. The van der Waals surface area contributed by atoms with Crippen LogP contribution in [0.1, 0.15) is 42.7 Å². The van der Waals surface area contributed by atoms with Crippen LogP contribution in [0.25, 0.3) is 11.3 Å². The molecule has 35 heavy (non-hydrogen) atoms. The van der Waals surface area contributed by atoms with Gasteiger partial charge in [0.2, 0.25) is 11.8 Å². The van der Waals surface area contributed by atoms with Gasteiger partial charge in [0.1, 0.15) is 0 Å². The highest BCUT2D eigenvalue weighted by atomic mass is 35.5. The van der Waals surface area contributed by atoms with E-state index in [2.05, 4.69) is 20.5 Å². The number of hydrogen-bond donors (Lipinski definition) is 2. The number of ether oxygens (including phenoxy) is 1. The summed E-state index contributed by atoms with van der Waals surface area (Å²) in [5.41, 5.74) is 2.46. The Balaban J connectivity index is 1.42. The number of amides is 2. The van der Waals surface area contributed by atoms with E-state index in [4.69, 9.17) is 27.9 Å². The summed E-state index contributed by atoms with van der Waals surface area (Å²) in [5.74, 6) is 0.0208. The number of aromatic nitrogens is 3. The Morgan fingerprint density at radius 1 is 1.17 bits per heavy atom. The number of aromatic amines is 1. The van der Waals surface area contributed by atoms with Crippen molar-refractivity contribution in [3.63, 3.8) is 0 Å². The number of hydrogen-bond acceptors (Lipinski definition) is 5. The monoisotopic (exact) mass is 515 g/mol. The predicted molar refractivity (Wildman–Crippen MR) is 134 cm³/mol. The Morgan fingerprint density at radius 2 is 1.91 bits per heavy atom. The summed E-state index contributed by atoms with van der Waals surface area (Å²) < 4.78 is 5.17. The smallest absolute Gasteiger partial charge is 0.274 e. The standard InChI is InChI=1S/C25H27Cl2N5O3/c1-14-7-17(24(33)29-12-16-5-4-6-18(26)9-16)8-15(2)32(14)25(34)22-11-21(30-31-22)19-10-23(35-3)28-13-20(19)27/h4-6,9-11,13-15,17H,7-8,12H2,1-3H3,(H,29,33)(H,30,31). The van der Waals surface area contributed by atoms with E-state index in [-0.39, 0.29) is 35.5 Å². The molecule has 2 N–H and O–H groups in total. The van der Waals surface area contributed by atoms with Gasteiger partial charge in [0.05, 0.1) is 24.0 Å². The van der Waals surface area contributed by atoms with Crippen molar-refractivity contribution in [1.82, 2.24) is 25.4 Å². The maximum atomic E-state index is 13.4. The number of H-pyrrole nitrogens is 1. The zero-order valence-electron chi connectivity index (χ0n) is 19.7. The molecule has 184 valence electrons. The molecular weight excluding hydrogens is 489 g/mol. The third-order valence-electron chi connectivity index (χ3n) is 6.29. The third kappa shape index (κ3) is 5.60. The first-order chi connectivity index (χ1) is 16.8. The van der Waals surface area contributed by atoms with Gasteiger partial charge in [-0.3, -0.25) is 14.7 Å². The van der Waals surface area contributed by atoms with E-state index in [0.29, 0.717) is 46.6 Å². The lowest BCUT2D eigenvalue weighted by Gasteiger charge is -2.41. The number of carbonyl (C=O) groups excluding carboxylic acids is 2. The van der Waals surface area contributed by atoms with Gasteiger partial charge in [-0.2, -0.15) is 5.10 Å². The van der Waals surface area contributed by atoms with Gasteiger partial charge in [0.25, 0.3) is 5.91 Å². The van der Waals surface area contributed by atoms with Crippen LogP contribution in [-0.4, -0.2) is 51.1 Å². The first-order valence-corrected chi connectivity index (χ1v) is 12.1. The summed E-state index contributed by atoms with van der Waals surface area (Å²) in [6.45, 7) is 4.34. The lowest BCUT2D eigenvalue weighted by molar-refractivity contribution is -0.127. The molecule has 3 heterocycles. The molecule has 0 radical (unpaired) electrons. The second kappa shape index (κ2) is 10.7. The van der Waals surface area contributed by atoms with E-state index >= 15 is 0 Å². The molecule has 3 aromatic rings. The number of nitrogens with one attached hydrogen (secondary N) is 2. The van der Waals surface area contributed by atoms with E-state index in [1.165, 1.54) is 13.3 Å². The van der Waals surface area contributed by atoms with Gasteiger partial charge < -0.3 is 15.0 Å². The lowest BCUT2D eigenvalue weighted by Crippen LogP contribution is -2.52. The highest BCUT2D eigenvalue weighted by molar-refractivity contribution is 6.33.